The van der Waals surface area contributed by atoms with Gasteiger partial charge in [-0.1, -0.05) is 12.1 Å². The van der Waals surface area contributed by atoms with Gasteiger partial charge in [-0.25, -0.2) is 8.42 Å². The Balaban J connectivity index is 1.57. The van der Waals surface area contributed by atoms with E-state index in [2.05, 4.69) is 10.6 Å². The molecule has 0 aromatic heterocycles. The van der Waals surface area contributed by atoms with Crippen LogP contribution >= 0.6 is 0 Å². The fourth-order valence-electron chi connectivity index (χ4n) is 3.12. The number of rotatable bonds is 6. The van der Waals surface area contributed by atoms with Gasteiger partial charge in [0.2, 0.25) is 0 Å². The second-order valence-electron chi connectivity index (χ2n) is 7.14. The minimum absolute atomic E-state index is 0.169. The molecule has 2 aromatic carbocycles. The summed E-state index contributed by atoms with van der Waals surface area (Å²) in [5.74, 6) is 0.950. The molecule has 6 nitrogen and oxygen atoms in total. The predicted octanol–water partition coefficient (Wildman–Crippen LogP) is 2.61. The zero-order valence-electron chi connectivity index (χ0n) is 15.5. The smallest absolute Gasteiger partial charge is 0.255 e. The van der Waals surface area contributed by atoms with Crippen molar-refractivity contribution in [2.45, 2.75) is 25.4 Å². The van der Waals surface area contributed by atoms with Gasteiger partial charge in [0.1, 0.15) is 5.75 Å². The highest BCUT2D eigenvalue weighted by Crippen LogP contribution is 2.23. The Bertz CT molecular complexity index is 908. The van der Waals surface area contributed by atoms with Gasteiger partial charge in [-0.05, 0) is 55.3 Å². The van der Waals surface area contributed by atoms with Crippen LogP contribution in [0.3, 0.4) is 0 Å². The van der Waals surface area contributed by atoms with E-state index in [0.29, 0.717) is 24.2 Å². The molecule has 2 aromatic rings. The summed E-state index contributed by atoms with van der Waals surface area (Å²) in [7, 11) is -1.34. The molecule has 0 aliphatic carbocycles. The molecule has 0 bridgehead atoms. The lowest BCUT2D eigenvalue weighted by Crippen LogP contribution is -2.42. The number of hydrogen-bond acceptors (Lipinski definition) is 5. The minimum atomic E-state index is -2.93. The van der Waals surface area contributed by atoms with Gasteiger partial charge in [0.25, 0.3) is 5.91 Å². The molecule has 2 N–H and O–H groups in total. The molecule has 7 heteroatoms. The van der Waals surface area contributed by atoms with Crippen molar-refractivity contribution in [3.05, 3.63) is 59.7 Å². The number of methoxy groups -OCH3 is 1. The van der Waals surface area contributed by atoms with Crippen LogP contribution in [-0.2, 0) is 16.4 Å². The molecule has 1 aliphatic rings. The highest BCUT2D eigenvalue weighted by Gasteiger charge is 2.37. The number of anilines is 1. The van der Waals surface area contributed by atoms with Gasteiger partial charge < -0.3 is 15.4 Å². The molecule has 3 rings (SSSR count). The molecule has 1 heterocycles. The first-order chi connectivity index (χ1) is 12.8. The normalized spacial score (nSPS) is 21.0. The van der Waals surface area contributed by atoms with Gasteiger partial charge >= 0.3 is 0 Å². The summed E-state index contributed by atoms with van der Waals surface area (Å²) < 4.78 is 28.4. The molecule has 1 aliphatic heterocycles. The van der Waals surface area contributed by atoms with Crippen LogP contribution in [0.25, 0.3) is 0 Å². The van der Waals surface area contributed by atoms with E-state index in [1.54, 1.807) is 43.5 Å². The van der Waals surface area contributed by atoms with Crippen molar-refractivity contribution >= 4 is 21.4 Å². The molecule has 1 atom stereocenters. The monoisotopic (exact) mass is 388 g/mol. The predicted molar refractivity (Wildman–Crippen MR) is 106 cm³/mol. The summed E-state index contributed by atoms with van der Waals surface area (Å²) in [6.45, 7) is 2.50. The third-order valence-electron chi connectivity index (χ3n) is 4.79. The van der Waals surface area contributed by atoms with Crippen LogP contribution < -0.4 is 15.4 Å². The Labute approximate surface area is 159 Å². The number of hydrogen-bond donors (Lipinski definition) is 2. The first-order valence-electron chi connectivity index (χ1n) is 8.78. The maximum atomic E-state index is 12.3. The number of nitrogens with one attached hydrogen (secondary N) is 2. The van der Waals surface area contributed by atoms with E-state index >= 15 is 0 Å². The number of ether oxygens (including phenoxy) is 1. The van der Waals surface area contributed by atoms with Crippen LogP contribution in [-0.4, -0.2) is 38.5 Å². The van der Waals surface area contributed by atoms with Crippen molar-refractivity contribution in [1.82, 2.24) is 5.32 Å². The molecule has 1 fully saturated rings. The molecule has 144 valence electrons. The molecule has 0 spiro atoms. The summed E-state index contributed by atoms with van der Waals surface area (Å²) in [4.78, 5) is 12.3. The summed E-state index contributed by atoms with van der Waals surface area (Å²) in [6, 6.07) is 14.4. The molecule has 1 amide bonds. The maximum Gasteiger partial charge on any atom is 0.255 e. The van der Waals surface area contributed by atoms with Crippen molar-refractivity contribution in [3.8, 4) is 5.75 Å². The molecular formula is C20H24N2O4S. The quantitative estimate of drug-likeness (QED) is 0.795. The van der Waals surface area contributed by atoms with Crippen molar-refractivity contribution in [2.75, 3.05) is 23.9 Å². The van der Waals surface area contributed by atoms with E-state index in [4.69, 9.17) is 4.74 Å². The molecule has 1 saturated heterocycles. The van der Waals surface area contributed by atoms with E-state index in [9.17, 15) is 13.2 Å². The lowest BCUT2D eigenvalue weighted by molar-refractivity contribution is 0.102. The molecule has 0 radical (unpaired) electrons. The van der Waals surface area contributed by atoms with Crippen LogP contribution in [0.1, 0.15) is 29.3 Å². The highest BCUT2D eigenvalue weighted by molar-refractivity contribution is 7.91. The molecule has 27 heavy (non-hydrogen) atoms. The largest absolute Gasteiger partial charge is 0.497 e. The van der Waals surface area contributed by atoms with Crippen molar-refractivity contribution in [3.63, 3.8) is 0 Å². The number of sulfone groups is 1. The van der Waals surface area contributed by atoms with Gasteiger partial charge in [-0.15, -0.1) is 0 Å². The molecule has 1 unspecified atom stereocenters. The second-order valence-corrected chi connectivity index (χ2v) is 9.32. The summed E-state index contributed by atoms with van der Waals surface area (Å²) in [6.07, 6.45) is 0.623. The Hall–Kier alpha value is -2.38. The average molecular weight is 388 g/mol. The van der Waals surface area contributed by atoms with Gasteiger partial charge in [0.15, 0.2) is 9.84 Å². The van der Waals surface area contributed by atoms with Crippen LogP contribution in [0, 0.1) is 0 Å². The van der Waals surface area contributed by atoms with Crippen LogP contribution in [0.15, 0.2) is 48.5 Å². The van der Waals surface area contributed by atoms with Gasteiger partial charge in [0, 0.05) is 23.3 Å². The third-order valence-corrected chi connectivity index (χ3v) is 6.69. The Kier molecular flexibility index (Phi) is 5.53. The lowest BCUT2D eigenvalue weighted by atomic mass is 10.0. The summed E-state index contributed by atoms with van der Waals surface area (Å²) in [5, 5.41) is 6.18. The van der Waals surface area contributed by atoms with E-state index in [-0.39, 0.29) is 23.0 Å². The minimum Gasteiger partial charge on any atom is -0.497 e. The van der Waals surface area contributed by atoms with E-state index in [0.717, 1.165) is 11.3 Å². The molecular weight excluding hydrogens is 364 g/mol. The Morgan fingerprint density at radius 1 is 1.11 bits per heavy atom. The third kappa shape index (κ3) is 5.08. The Morgan fingerprint density at radius 2 is 1.78 bits per heavy atom. The average Bonchev–Trinajstić information content (AvgIpc) is 2.94. The zero-order chi connectivity index (χ0) is 19.5. The van der Waals surface area contributed by atoms with Crippen LogP contribution in [0.5, 0.6) is 5.75 Å². The maximum absolute atomic E-state index is 12.3. The second kappa shape index (κ2) is 7.70. The van der Waals surface area contributed by atoms with Crippen LogP contribution in [0.4, 0.5) is 5.69 Å². The van der Waals surface area contributed by atoms with Crippen molar-refractivity contribution in [1.29, 1.82) is 0 Å². The SMILES string of the molecule is COc1ccc(NC(=O)c2ccc(CNC3(C)CCS(=O)(=O)C3)cc2)cc1. The number of carbonyl (C=O) groups is 1. The molecule has 0 saturated carbocycles. The van der Waals surface area contributed by atoms with Crippen molar-refractivity contribution in [2.24, 2.45) is 0 Å². The van der Waals surface area contributed by atoms with E-state index in [1.807, 2.05) is 19.1 Å². The topological polar surface area (TPSA) is 84.5 Å². The van der Waals surface area contributed by atoms with Gasteiger partial charge in [-0.2, -0.15) is 0 Å². The highest BCUT2D eigenvalue weighted by atomic mass is 32.2. The van der Waals surface area contributed by atoms with Gasteiger partial charge in [-0.3, -0.25) is 4.79 Å². The van der Waals surface area contributed by atoms with E-state index < -0.39 is 9.84 Å². The fourth-order valence-corrected chi connectivity index (χ4v) is 5.24. The lowest BCUT2D eigenvalue weighted by Gasteiger charge is -2.24. The fraction of sp³-hybridized carbons (Fsp3) is 0.350. The number of benzene rings is 2. The summed E-state index contributed by atoms with van der Waals surface area (Å²) >= 11 is 0. The Morgan fingerprint density at radius 3 is 2.33 bits per heavy atom. The number of carbonyl (C=O) groups excluding carboxylic acids is 1. The van der Waals surface area contributed by atoms with E-state index in [1.165, 1.54) is 0 Å². The summed E-state index contributed by atoms with van der Waals surface area (Å²) in [5.41, 5.74) is 1.87. The number of amides is 1. The standard InChI is InChI=1S/C20H24N2O4S/c1-20(11-12-27(24,25)14-20)21-13-15-3-5-16(6-4-15)19(23)22-17-7-9-18(26-2)10-8-17/h3-10,21H,11-14H2,1-2H3,(H,22,23). The first-order valence-corrected chi connectivity index (χ1v) is 10.6. The van der Waals surface area contributed by atoms with Crippen LogP contribution in [0.2, 0.25) is 0 Å². The van der Waals surface area contributed by atoms with Crippen molar-refractivity contribution < 1.29 is 17.9 Å². The zero-order valence-corrected chi connectivity index (χ0v) is 16.3. The first kappa shape index (κ1) is 19.4. The van der Waals surface area contributed by atoms with Gasteiger partial charge in [0.05, 0.1) is 18.6 Å².